The molecule has 3 aromatic rings. The molecule has 0 saturated carbocycles. The van der Waals surface area contributed by atoms with E-state index in [0.29, 0.717) is 42.9 Å². The maximum absolute atomic E-state index is 14.4. The van der Waals surface area contributed by atoms with E-state index in [9.17, 15) is 31.9 Å². The monoisotopic (exact) mass is 619 g/mol. The van der Waals surface area contributed by atoms with Crippen molar-refractivity contribution in [3.05, 3.63) is 105 Å². The number of carboxylic acids is 1. The van der Waals surface area contributed by atoms with Gasteiger partial charge in [0.1, 0.15) is 0 Å². The number of rotatable bonds is 8. The lowest BCUT2D eigenvalue weighted by atomic mass is 9.84. The summed E-state index contributed by atoms with van der Waals surface area (Å²) in [5.41, 5.74) is 4.55. The van der Waals surface area contributed by atoms with Crippen molar-refractivity contribution >= 4 is 29.5 Å². The van der Waals surface area contributed by atoms with Crippen LogP contribution in [0.5, 0.6) is 0 Å². The van der Waals surface area contributed by atoms with Crippen LogP contribution in [0.4, 0.5) is 22.0 Å². The smallest absolute Gasteiger partial charge is 0.417 e. The number of hydrogen-bond donors (Lipinski definition) is 1. The molecule has 2 aliphatic rings. The second-order valence-electron chi connectivity index (χ2n) is 11.4. The van der Waals surface area contributed by atoms with Gasteiger partial charge in [-0.2, -0.15) is 13.2 Å². The van der Waals surface area contributed by atoms with Crippen molar-refractivity contribution in [3.8, 4) is 0 Å². The molecule has 3 nitrogen and oxygen atoms in total. The van der Waals surface area contributed by atoms with Gasteiger partial charge in [0.05, 0.1) is 11.1 Å². The Bertz CT molecular complexity index is 1480. The molecule has 0 radical (unpaired) electrons. The average Bonchev–Trinajstić information content (AvgIpc) is 3.29. The molecule has 1 aliphatic carbocycles. The van der Waals surface area contributed by atoms with Crippen molar-refractivity contribution in [2.45, 2.75) is 58.1 Å². The summed E-state index contributed by atoms with van der Waals surface area (Å²) in [6, 6.07) is 17.4. The van der Waals surface area contributed by atoms with Gasteiger partial charge in [0.25, 0.3) is 0 Å². The molecule has 1 saturated heterocycles. The fourth-order valence-corrected chi connectivity index (χ4v) is 6.52. The number of nitrogens with zero attached hydrogens (tertiary/aromatic N) is 1. The lowest BCUT2D eigenvalue weighted by molar-refractivity contribution is -0.138. The number of fused-ring (bicyclic) bond motifs is 1. The average molecular weight is 620 g/mol. The van der Waals surface area contributed by atoms with Crippen LogP contribution < -0.4 is 0 Å². The van der Waals surface area contributed by atoms with E-state index in [4.69, 9.17) is 0 Å². The third-order valence-corrected chi connectivity index (χ3v) is 8.48. The zero-order valence-electron chi connectivity index (χ0n) is 23.9. The van der Waals surface area contributed by atoms with E-state index in [0.717, 1.165) is 48.2 Å². The molecule has 1 N–H and O–H groups in total. The van der Waals surface area contributed by atoms with E-state index in [1.165, 1.54) is 25.1 Å². The Morgan fingerprint density at radius 2 is 1.77 bits per heavy atom. The molecule has 0 aromatic heterocycles. The van der Waals surface area contributed by atoms with Gasteiger partial charge in [0, 0.05) is 19.5 Å². The summed E-state index contributed by atoms with van der Waals surface area (Å²) < 4.78 is 68.3. The molecule has 1 atom stereocenters. The van der Waals surface area contributed by atoms with Crippen LogP contribution >= 0.6 is 12.4 Å². The number of hydrogen-bond acceptors (Lipinski definition) is 2. The van der Waals surface area contributed by atoms with E-state index in [-0.39, 0.29) is 35.5 Å². The van der Waals surface area contributed by atoms with E-state index in [1.807, 2.05) is 24.3 Å². The number of benzene rings is 3. The van der Waals surface area contributed by atoms with Gasteiger partial charge in [0.2, 0.25) is 6.43 Å². The molecular formula is C34H35ClF5NO2. The number of carbonyl (C=O) groups is 1. The van der Waals surface area contributed by atoms with E-state index >= 15 is 0 Å². The highest BCUT2D eigenvalue weighted by Crippen LogP contribution is 2.45. The number of halogens is 6. The summed E-state index contributed by atoms with van der Waals surface area (Å²) in [7, 11) is 0. The second kappa shape index (κ2) is 13.6. The highest BCUT2D eigenvalue weighted by Gasteiger charge is 2.37. The molecule has 5 rings (SSSR count). The third kappa shape index (κ3) is 7.47. The van der Waals surface area contributed by atoms with Gasteiger partial charge >= 0.3 is 12.1 Å². The number of likely N-dealkylation sites (tertiary alicyclic amines) is 1. The van der Waals surface area contributed by atoms with Gasteiger partial charge in [-0.25, -0.2) is 13.6 Å². The SMILES string of the molecule is Cc1cccc(C2=C(c3ccc(CC4CCN(CCC(F)F)C4)cc3)c3ccc(C(=O)O)cc3CCC2)c1C(F)(F)F.Cl. The maximum Gasteiger partial charge on any atom is 0.417 e. The minimum atomic E-state index is -4.53. The van der Waals surface area contributed by atoms with Crippen LogP contribution in [0.25, 0.3) is 11.1 Å². The lowest BCUT2D eigenvalue weighted by Crippen LogP contribution is -2.23. The van der Waals surface area contributed by atoms with E-state index in [1.54, 1.807) is 18.2 Å². The molecule has 1 aliphatic heterocycles. The predicted octanol–water partition coefficient (Wildman–Crippen LogP) is 8.95. The summed E-state index contributed by atoms with van der Waals surface area (Å²) in [4.78, 5) is 13.8. The van der Waals surface area contributed by atoms with E-state index < -0.39 is 24.1 Å². The molecule has 1 fully saturated rings. The van der Waals surface area contributed by atoms with Gasteiger partial charge in [-0.3, -0.25) is 0 Å². The molecule has 0 spiro atoms. The molecule has 1 unspecified atom stereocenters. The Labute approximate surface area is 254 Å². The Balaban J connectivity index is 0.00000423. The largest absolute Gasteiger partial charge is 0.478 e. The number of aryl methyl sites for hydroxylation is 2. The summed E-state index contributed by atoms with van der Waals surface area (Å²) in [6.45, 7) is 3.45. The fraction of sp³-hybridized carbons (Fsp3) is 0.382. The minimum Gasteiger partial charge on any atom is -0.478 e. The zero-order chi connectivity index (χ0) is 30.0. The Hall–Kier alpha value is -3.23. The van der Waals surface area contributed by atoms with Crippen molar-refractivity contribution in [2.24, 2.45) is 5.92 Å². The first kappa shape index (κ1) is 32.7. The number of aromatic carboxylic acids is 1. The van der Waals surface area contributed by atoms with Crippen LogP contribution in [-0.4, -0.2) is 42.0 Å². The highest BCUT2D eigenvalue weighted by molar-refractivity contribution is 6.01. The molecule has 1 heterocycles. The van der Waals surface area contributed by atoms with Gasteiger partial charge in [-0.15, -0.1) is 12.4 Å². The van der Waals surface area contributed by atoms with Crippen molar-refractivity contribution < 1.29 is 31.9 Å². The van der Waals surface area contributed by atoms with Crippen LogP contribution in [0, 0.1) is 12.8 Å². The number of alkyl halides is 5. The van der Waals surface area contributed by atoms with Crippen LogP contribution in [0.1, 0.15) is 75.0 Å². The zero-order valence-corrected chi connectivity index (χ0v) is 24.7. The van der Waals surface area contributed by atoms with Crippen molar-refractivity contribution in [3.63, 3.8) is 0 Å². The van der Waals surface area contributed by atoms with Gasteiger partial charge in [-0.1, -0.05) is 48.5 Å². The lowest BCUT2D eigenvalue weighted by Gasteiger charge is -2.21. The van der Waals surface area contributed by atoms with Crippen molar-refractivity contribution in [1.29, 1.82) is 0 Å². The van der Waals surface area contributed by atoms with E-state index in [2.05, 4.69) is 4.90 Å². The first-order valence-electron chi connectivity index (χ1n) is 14.4. The van der Waals surface area contributed by atoms with Gasteiger partial charge < -0.3 is 10.0 Å². The predicted molar refractivity (Wildman–Crippen MR) is 161 cm³/mol. The van der Waals surface area contributed by atoms with Crippen LogP contribution in [0.2, 0.25) is 0 Å². The van der Waals surface area contributed by atoms with Crippen molar-refractivity contribution in [1.82, 2.24) is 4.90 Å². The Morgan fingerprint density at radius 3 is 2.44 bits per heavy atom. The first-order chi connectivity index (χ1) is 20.0. The van der Waals surface area contributed by atoms with Crippen LogP contribution in [-0.2, 0) is 19.0 Å². The second-order valence-corrected chi connectivity index (χ2v) is 11.4. The molecular weight excluding hydrogens is 585 g/mol. The van der Waals surface area contributed by atoms with Crippen LogP contribution in [0.3, 0.4) is 0 Å². The Morgan fingerprint density at radius 1 is 1.02 bits per heavy atom. The summed E-state index contributed by atoms with van der Waals surface area (Å²) in [6.07, 6.45) is -3.66. The van der Waals surface area contributed by atoms with Crippen LogP contribution in [0.15, 0.2) is 60.7 Å². The minimum absolute atomic E-state index is 0. The fourth-order valence-electron chi connectivity index (χ4n) is 6.52. The highest BCUT2D eigenvalue weighted by atomic mass is 35.5. The topological polar surface area (TPSA) is 40.5 Å². The summed E-state index contributed by atoms with van der Waals surface area (Å²) in [5.74, 6) is -0.687. The standard InChI is InChI=1S/C34H34F5NO2.ClH/c1-21-4-2-7-29(32(21)34(37,38)39)28-6-3-5-25-19-26(33(41)42)12-13-27(25)31(28)24-10-8-22(9-11-24)18-23-14-16-40(20-23)17-15-30(35)36;/h2,4,7-13,19,23,30H,3,5-6,14-18,20H2,1H3,(H,41,42);1H. The molecule has 9 heteroatoms. The van der Waals surface area contributed by atoms with Crippen molar-refractivity contribution in [2.75, 3.05) is 19.6 Å². The molecule has 43 heavy (non-hydrogen) atoms. The Kier molecular flexibility index (Phi) is 10.3. The third-order valence-electron chi connectivity index (χ3n) is 8.48. The maximum atomic E-state index is 14.4. The quantitative estimate of drug-likeness (QED) is 0.256. The number of allylic oxidation sites excluding steroid dienone is 1. The molecule has 0 bridgehead atoms. The summed E-state index contributed by atoms with van der Waals surface area (Å²) >= 11 is 0. The molecule has 230 valence electrons. The molecule has 0 amide bonds. The normalized spacial score (nSPS) is 17.5. The number of carboxylic acid groups (broad SMARTS) is 1. The molecule has 3 aromatic carbocycles. The van der Waals surface area contributed by atoms with Gasteiger partial charge in [0.15, 0.2) is 0 Å². The van der Waals surface area contributed by atoms with Gasteiger partial charge in [-0.05, 0) is 108 Å². The summed E-state index contributed by atoms with van der Waals surface area (Å²) in [5, 5.41) is 9.57. The first-order valence-corrected chi connectivity index (χ1v) is 14.4.